The number of thioether (sulfide) groups is 1. The summed E-state index contributed by atoms with van der Waals surface area (Å²) in [5, 5.41) is 2.64. The number of benzene rings is 2. The highest BCUT2D eigenvalue weighted by atomic mass is 32.2. The van der Waals surface area contributed by atoms with Gasteiger partial charge in [0, 0.05) is 12.0 Å². The highest BCUT2D eigenvalue weighted by molar-refractivity contribution is 8.22. The second-order valence-corrected chi connectivity index (χ2v) is 5.54. The van der Waals surface area contributed by atoms with Crippen molar-refractivity contribution in [2.24, 2.45) is 0 Å². The van der Waals surface area contributed by atoms with Gasteiger partial charge in [0.1, 0.15) is 6.10 Å². The molecule has 0 saturated heterocycles. The van der Waals surface area contributed by atoms with Gasteiger partial charge in [0.15, 0.2) is 0 Å². The minimum absolute atomic E-state index is 0.0936. The van der Waals surface area contributed by atoms with Crippen LogP contribution in [0.5, 0.6) is 0 Å². The quantitative estimate of drug-likeness (QED) is 0.714. The molecular weight excluding hydrogens is 248 g/mol. The molecule has 1 unspecified atom stereocenters. The minimum atomic E-state index is 0.0936. The molecule has 1 aliphatic rings. The average Bonchev–Trinajstić information content (AvgIpc) is 2.70. The summed E-state index contributed by atoms with van der Waals surface area (Å²) >= 11 is 6.64. The molecule has 1 nitrogen and oxygen atoms in total. The standard InChI is InChI=1S/C14H12OS2/c1-17-14(16)15-12-8-10-6-2-4-9-5-3-7-11(12)13(9)10/h2-7,12H,8H2,1H3. The molecule has 3 heteroatoms. The van der Waals surface area contributed by atoms with Crippen molar-refractivity contribution in [1.82, 2.24) is 0 Å². The molecule has 1 atom stereocenters. The maximum atomic E-state index is 5.83. The zero-order valence-corrected chi connectivity index (χ0v) is 11.1. The van der Waals surface area contributed by atoms with Gasteiger partial charge in [-0.25, -0.2) is 0 Å². The van der Waals surface area contributed by atoms with Gasteiger partial charge in [0.2, 0.25) is 4.38 Å². The van der Waals surface area contributed by atoms with Crippen LogP contribution in [-0.2, 0) is 11.2 Å². The Morgan fingerprint density at radius 1 is 1.29 bits per heavy atom. The Morgan fingerprint density at radius 2 is 2.06 bits per heavy atom. The monoisotopic (exact) mass is 260 g/mol. The Morgan fingerprint density at radius 3 is 2.82 bits per heavy atom. The summed E-state index contributed by atoms with van der Waals surface area (Å²) < 4.78 is 6.45. The number of ether oxygens (including phenoxy) is 1. The van der Waals surface area contributed by atoms with Crippen LogP contribution >= 0.6 is 24.0 Å². The van der Waals surface area contributed by atoms with Gasteiger partial charge in [0.25, 0.3) is 0 Å². The Bertz CT molecular complexity index is 587. The SMILES string of the molecule is CSC(=S)OC1Cc2cccc3cccc1c23. The van der Waals surface area contributed by atoms with Gasteiger partial charge in [-0.1, -0.05) is 48.2 Å². The fraction of sp³-hybridized carbons (Fsp3) is 0.214. The first-order chi connectivity index (χ1) is 8.29. The largest absolute Gasteiger partial charge is 0.470 e. The maximum absolute atomic E-state index is 5.83. The number of hydrogen-bond donors (Lipinski definition) is 0. The normalized spacial score (nSPS) is 17.4. The van der Waals surface area contributed by atoms with E-state index in [0.29, 0.717) is 4.38 Å². The van der Waals surface area contributed by atoms with Gasteiger partial charge in [0.05, 0.1) is 0 Å². The first-order valence-corrected chi connectivity index (χ1v) is 7.18. The summed E-state index contributed by atoms with van der Waals surface area (Å²) in [6, 6.07) is 12.8. The molecule has 0 spiro atoms. The Kier molecular flexibility index (Phi) is 2.81. The van der Waals surface area contributed by atoms with Crippen molar-refractivity contribution >= 4 is 39.1 Å². The molecule has 3 rings (SSSR count). The Balaban J connectivity index is 2.07. The van der Waals surface area contributed by atoms with Crippen LogP contribution in [-0.4, -0.2) is 10.6 Å². The van der Waals surface area contributed by atoms with E-state index in [1.54, 1.807) is 0 Å². The van der Waals surface area contributed by atoms with Gasteiger partial charge < -0.3 is 4.74 Å². The first kappa shape index (κ1) is 11.1. The average molecular weight is 260 g/mol. The van der Waals surface area contributed by atoms with E-state index in [-0.39, 0.29) is 6.10 Å². The zero-order chi connectivity index (χ0) is 11.8. The molecule has 0 heterocycles. The van der Waals surface area contributed by atoms with E-state index in [1.807, 2.05) is 6.26 Å². The molecule has 0 radical (unpaired) electrons. The highest BCUT2D eigenvalue weighted by Crippen LogP contribution is 2.39. The van der Waals surface area contributed by atoms with Crippen LogP contribution in [0.2, 0.25) is 0 Å². The van der Waals surface area contributed by atoms with Crippen LogP contribution < -0.4 is 0 Å². The predicted molar refractivity (Wildman–Crippen MR) is 77.6 cm³/mol. The van der Waals surface area contributed by atoms with Gasteiger partial charge in [-0.15, -0.1) is 0 Å². The maximum Gasteiger partial charge on any atom is 0.220 e. The van der Waals surface area contributed by atoms with E-state index in [2.05, 4.69) is 36.4 Å². The third kappa shape index (κ3) is 1.83. The van der Waals surface area contributed by atoms with Gasteiger partial charge in [-0.3, -0.25) is 0 Å². The van der Waals surface area contributed by atoms with E-state index in [4.69, 9.17) is 17.0 Å². The van der Waals surface area contributed by atoms with Gasteiger partial charge in [-0.2, -0.15) is 0 Å². The van der Waals surface area contributed by atoms with Crippen molar-refractivity contribution in [3.63, 3.8) is 0 Å². The molecule has 2 aromatic rings. The van der Waals surface area contributed by atoms with Crippen LogP contribution in [0.4, 0.5) is 0 Å². The molecule has 0 aliphatic heterocycles. The molecule has 0 amide bonds. The van der Waals surface area contributed by atoms with Crippen molar-refractivity contribution in [3.05, 3.63) is 47.5 Å². The molecule has 86 valence electrons. The molecule has 0 fully saturated rings. The molecule has 0 saturated carbocycles. The van der Waals surface area contributed by atoms with Crippen molar-refractivity contribution in [2.75, 3.05) is 6.26 Å². The van der Waals surface area contributed by atoms with E-state index >= 15 is 0 Å². The van der Waals surface area contributed by atoms with Gasteiger partial charge in [-0.05, 0) is 34.8 Å². The van der Waals surface area contributed by atoms with Gasteiger partial charge >= 0.3 is 0 Å². The van der Waals surface area contributed by atoms with Crippen LogP contribution in [0, 0.1) is 0 Å². The topological polar surface area (TPSA) is 9.23 Å². The van der Waals surface area contributed by atoms with E-state index in [1.165, 1.54) is 33.7 Å². The summed E-state index contributed by atoms with van der Waals surface area (Å²) in [5.41, 5.74) is 2.64. The van der Waals surface area contributed by atoms with Crippen molar-refractivity contribution < 1.29 is 4.74 Å². The molecule has 0 bridgehead atoms. The Labute approximate surface area is 110 Å². The van der Waals surface area contributed by atoms with Crippen LogP contribution in [0.3, 0.4) is 0 Å². The van der Waals surface area contributed by atoms with Crippen molar-refractivity contribution in [3.8, 4) is 0 Å². The van der Waals surface area contributed by atoms with Crippen molar-refractivity contribution in [1.29, 1.82) is 0 Å². The summed E-state index contributed by atoms with van der Waals surface area (Å²) in [5.74, 6) is 0. The zero-order valence-electron chi connectivity index (χ0n) is 9.47. The molecular formula is C14H12OS2. The predicted octanol–water partition coefficient (Wildman–Crippen LogP) is 4.10. The molecule has 1 aliphatic carbocycles. The fourth-order valence-corrected chi connectivity index (χ4v) is 2.80. The van der Waals surface area contributed by atoms with Crippen LogP contribution in [0.15, 0.2) is 36.4 Å². The lowest BCUT2D eigenvalue weighted by Crippen LogP contribution is -2.05. The summed E-state index contributed by atoms with van der Waals surface area (Å²) in [7, 11) is 0. The van der Waals surface area contributed by atoms with Crippen LogP contribution in [0.25, 0.3) is 10.8 Å². The number of thiocarbonyl (C=S) groups is 1. The second-order valence-electron chi connectivity index (χ2n) is 4.13. The lowest BCUT2D eigenvalue weighted by Gasteiger charge is -2.14. The Hall–Kier alpha value is -1.06. The van der Waals surface area contributed by atoms with Crippen LogP contribution in [0.1, 0.15) is 17.2 Å². The van der Waals surface area contributed by atoms with E-state index in [0.717, 1.165) is 6.42 Å². The lowest BCUT2D eigenvalue weighted by atomic mass is 10.1. The molecule has 2 aromatic carbocycles. The first-order valence-electron chi connectivity index (χ1n) is 5.54. The fourth-order valence-electron chi connectivity index (χ4n) is 2.47. The van der Waals surface area contributed by atoms with E-state index in [9.17, 15) is 0 Å². The number of hydrogen-bond acceptors (Lipinski definition) is 3. The third-order valence-electron chi connectivity index (χ3n) is 3.18. The van der Waals surface area contributed by atoms with Crippen molar-refractivity contribution in [2.45, 2.75) is 12.5 Å². The molecule has 17 heavy (non-hydrogen) atoms. The lowest BCUT2D eigenvalue weighted by molar-refractivity contribution is 0.213. The minimum Gasteiger partial charge on any atom is -0.470 e. The summed E-state index contributed by atoms with van der Waals surface area (Å²) in [4.78, 5) is 0. The number of rotatable bonds is 1. The highest BCUT2D eigenvalue weighted by Gasteiger charge is 2.25. The second kappa shape index (κ2) is 4.31. The summed E-state index contributed by atoms with van der Waals surface area (Å²) in [6.07, 6.45) is 2.97. The summed E-state index contributed by atoms with van der Waals surface area (Å²) in [6.45, 7) is 0. The smallest absolute Gasteiger partial charge is 0.220 e. The molecule has 0 aromatic heterocycles. The third-order valence-corrected chi connectivity index (χ3v) is 4.21. The van der Waals surface area contributed by atoms with E-state index < -0.39 is 0 Å². The molecule has 0 N–H and O–H groups in total.